The van der Waals surface area contributed by atoms with Crippen molar-refractivity contribution in [2.45, 2.75) is 18.9 Å². The number of piperidine rings is 1. The van der Waals surface area contributed by atoms with E-state index in [4.69, 9.17) is 4.74 Å². The molecule has 0 aromatic carbocycles. The SMILES string of the molecule is C=NC(=O)COC1CCNCC1. The third-order valence-corrected chi connectivity index (χ3v) is 1.91. The van der Waals surface area contributed by atoms with E-state index in [9.17, 15) is 4.79 Å². The lowest BCUT2D eigenvalue weighted by Crippen LogP contribution is -2.33. The number of nitrogens with zero attached hydrogens (tertiary/aromatic N) is 1. The van der Waals surface area contributed by atoms with Gasteiger partial charge in [-0.25, -0.2) is 4.99 Å². The summed E-state index contributed by atoms with van der Waals surface area (Å²) in [6, 6.07) is 0. The van der Waals surface area contributed by atoms with Gasteiger partial charge in [-0.05, 0) is 32.6 Å². The van der Waals surface area contributed by atoms with Crippen molar-refractivity contribution in [3.8, 4) is 0 Å². The number of aliphatic imine (C=N–C) groups is 1. The van der Waals surface area contributed by atoms with E-state index in [0.29, 0.717) is 0 Å². The van der Waals surface area contributed by atoms with Crippen molar-refractivity contribution < 1.29 is 9.53 Å². The summed E-state index contributed by atoms with van der Waals surface area (Å²) in [7, 11) is 0. The van der Waals surface area contributed by atoms with Crippen LogP contribution in [0, 0.1) is 0 Å². The molecule has 1 aliphatic heterocycles. The number of ether oxygens (including phenoxy) is 1. The van der Waals surface area contributed by atoms with Crippen molar-refractivity contribution in [2.24, 2.45) is 4.99 Å². The van der Waals surface area contributed by atoms with Gasteiger partial charge in [-0.1, -0.05) is 0 Å². The minimum Gasteiger partial charge on any atom is -0.368 e. The van der Waals surface area contributed by atoms with Crippen molar-refractivity contribution in [1.82, 2.24) is 5.32 Å². The first kappa shape index (κ1) is 9.35. The van der Waals surface area contributed by atoms with E-state index in [2.05, 4.69) is 17.0 Å². The van der Waals surface area contributed by atoms with Gasteiger partial charge in [0.25, 0.3) is 5.91 Å². The fraction of sp³-hybridized carbons (Fsp3) is 0.750. The molecule has 1 N–H and O–H groups in total. The molecule has 0 bridgehead atoms. The molecule has 1 saturated heterocycles. The predicted molar refractivity (Wildman–Crippen MR) is 46.4 cm³/mol. The normalized spacial score (nSPS) is 19.0. The zero-order chi connectivity index (χ0) is 8.81. The van der Waals surface area contributed by atoms with Gasteiger partial charge in [0.1, 0.15) is 6.61 Å². The van der Waals surface area contributed by atoms with Gasteiger partial charge in [0.15, 0.2) is 0 Å². The molecule has 1 heterocycles. The van der Waals surface area contributed by atoms with E-state index in [1.807, 2.05) is 0 Å². The van der Waals surface area contributed by atoms with E-state index < -0.39 is 0 Å². The van der Waals surface area contributed by atoms with Crippen LogP contribution in [0.2, 0.25) is 0 Å². The minimum atomic E-state index is -0.284. The molecule has 0 unspecified atom stereocenters. The van der Waals surface area contributed by atoms with Crippen LogP contribution in [-0.2, 0) is 9.53 Å². The molecule has 0 aromatic heterocycles. The third kappa shape index (κ3) is 3.11. The Hall–Kier alpha value is -0.740. The van der Waals surface area contributed by atoms with Crippen molar-refractivity contribution >= 4 is 12.6 Å². The lowest BCUT2D eigenvalue weighted by atomic mass is 10.1. The molecule has 68 valence electrons. The Labute approximate surface area is 72.0 Å². The number of rotatable bonds is 3. The minimum absolute atomic E-state index is 0.0775. The van der Waals surface area contributed by atoms with Crippen LogP contribution in [0.1, 0.15) is 12.8 Å². The van der Waals surface area contributed by atoms with Crippen LogP contribution in [-0.4, -0.2) is 38.4 Å². The second-order valence-corrected chi connectivity index (χ2v) is 2.81. The second kappa shape index (κ2) is 5.00. The molecular weight excluding hydrogens is 156 g/mol. The average Bonchev–Trinajstić information content (AvgIpc) is 2.16. The third-order valence-electron chi connectivity index (χ3n) is 1.91. The number of nitrogens with one attached hydrogen (secondary N) is 1. The quantitative estimate of drug-likeness (QED) is 0.606. The first-order valence-corrected chi connectivity index (χ1v) is 4.15. The standard InChI is InChI=1S/C8H14N2O2/c1-9-8(11)6-12-7-2-4-10-5-3-7/h7,10H,1-6H2. The number of carbonyl (C=O) groups excluding carboxylic acids is 1. The molecule has 1 aliphatic rings. The Morgan fingerprint density at radius 2 is 2.25 bits per heavy atom. The molecule has 0 radical (unpaired) electrons. The van der Waals surface area contributed by atoms with Crippen LogP contribution < -0.4 is 5.32 Å². The number of carbonyl (C=O) groups is 1. The summed E-state index contributed by atoms with van der Waals surface area (Å²) in [6.07, 6.45) is 2.17. The number of amides is 1. The molecular formula is C8H14N2O2. The predicted octanol–water partition coefficient (Wildman–Crippen LogP) is -0.0178. The lowest BCUT2D eigenvalue weighted by molar-refractivity contribution is -0.124. The summed E-state index contributed by atoms with van der Waals surface area (Å²) in [5, 5.41) is 3.22. The summed E-state index contributed by atoms with van der Waals surface area (Å²) < 4.78 is 5.31. The highest BCUT2D eigenvalue weighted by molar-refractivity contribution is 5.81. The molecule has 0 atom stereocenters. The van der Waals surface area contributed by atoms with Crippen LogP contribution in [0.15, 0.2) is 4.99 Å². The topological polar surface area (TPSA) is 50.7 Å². The van der Waals surface area contributed by atoms with Crippen LogP contribution >= 0.6 is 0 Å². The van der Waals surface area contributed by atoms with E-state index >= 15 is 0 Å². The van der Waals surface area contributed by atoms with E-state index in [-0.39, 0.29) is 18.6 Å². The molecule has 4 nitrogen and oxygen atoms in total. The summed E-state index contributed by atoms with van der Waals surface area (Å²) in [4.78, 5) is 13.9. The van der Waals surface area contributed by atoms with Crippen LogP contribution in [0.25, 0.3) is 0 Å². The van der Waals surface area contributed by atoms with Gasteiger partial charge in [0.2, 0.25) is 0 Å². The average molecular weight is 170 g/mol. The monoisotopic (exact) mass is 170 g/mol. The number of hydrogen-bond acceptors (Lipinski definition) is 3. The Balaban J connectivity index is 2.12. The van der Waals surface area contributed by atoms with Crippen molar-refractivity contribution in [2.75, 3.05) is 19.7 Å². The van der Waals surface area contributed by atoms with Gasteiger partial charge >= 0.3 is 0 Å². The first-order valence-electron chi connectivity index (χ1n) is 4.15. The van der Waals surface area contributed by atoms with E-state index in [0.717, 1.165) is 25.9 Å². The molecule has 0 aliphatic carbocycles. The van der Waals surface area contributed by atoms with Gasteiger partial charge in [-0.3, -0.25) is 4.79 Å². The fourth-order valence-electron chi connectivity index (χ4n) is 1.20. The lowest BCUT2D eigenvalue weighted by Gasteiger charge is -2.21. The zero-order valence-electron chi connectivity index (χ0n) is 7.08. The Morgan fingerprint density at radius 3 is 2.83 bits per heavy atom. The molecule has 1 rings (SSSR count). The number of hydrogen-bond donors (Lipinski definition) is 1. The van der Waals surface area contributed by atoms with Crippen molar-refractivity contribution in [1.29, 1.82) is 0 Å². The maximum Gasteiger partial charge on any atom is 0.271 e. The largest absolute Gasteiger partial charge is 0.368 e. The van der Waals surface area contributed by atoms with Crippen molar-refractivity contribution in [3.05, 3.63) is 0 Å². The summed E-state index contributed by atoms with van der Waals surface area (Å²) in [6.45, 7) is 5.16. The Morgan fingerprint density at radius 1 is 1.58 bits per heavy atom. The molecule has 1 fully saturated rings. The Kier molecular flexibility index (Phi) is 3.90. The van der Waals surface area contributed by atoms with Crippen LogP contribution in [0.3, 0.4) is 0 Å². The summed E-state index contributed by atoms with van der Waals surface area (Å²) >= 11 is 0. The van der Waals surface area contributed by atoms with Gasteiger partial charge in [-0.2, -0.15) is 0 Å². The van der Waals surface area contributed by atoms with Gasteiger partial charge in [-0.15, -0.1) is 0 Å². The summed E-state index contributed by atoms with van der Waals surface area (Å²) in [5.74, 6) is -0.284. The molecule has 12 heavy (non-hydrogen) atoms. The van der Waals surface area contributed by atoms with Gasteiger partial charge in [0, 0.05) is 0 Å². The maximum absolute atomic E-state index is 10.7. The second-order valence-electron chi connectivity index (χ2n) is 2.81. The highest BCUT2D eigenvalue weighted by Crippen LogP contribution is 2.06. The molecule has 0 aromatic rings. The highest BCUT2D eigenvalue weighted by Gasteiger charge is 2.13. The van der Waals surface area contributed by atoms with Crippen molar-refractivity contribution in [3.63, 3.8) is 0 Å². The molecule has 0 saturated carbocycles. The molecule has 0 spiro atoms. The molecule has 1 amide bonds. The smallest absolute Gasteiger partial charge is 0.271 e. The van der Waals surface area contributed by atoms with Gasteiger partial charge < -0.3 is 10.1 Å². The first-order chi connectivity index (χ1) is 5.83. The fourth-order valence-corrected chi connectivity index (χ4v) is 1.20. The molecule has 4 heteroatoms. The highest BCUT2D eigenvalue weighted by atomic mass is 16.5. The van der Waals surface area contributed by atoms with Gasteiger partial charge in [0.05, 0.1) is 6.10 Å². The van der Waals surface area contributed by atoms with Crippen LogP contribution in [0.4, 0.5) is 0 Å². The Bertz CT molecular complexity index is 164. The van der Waals surface area contributed by atoms with Crippen LogP contribution in [0.5, 0.6) is 0 Å². The van der Waals surface area contributed by atoms with E-state index in [1.54, 1.807) is 0 Å². The maximum atomic E-state index is 10.7. The zero-order valence-corrected chi connectivity index (χ0v) is 7.08. The van der Waals surface area contributed by atoms with E-state index in [1.165, 1.54) is 0 Å². The summed E-state index contributed by atoms with van der Waals surface area (Å²) in [5.41, 5.74) is 0.